The number of Topliss-reactive ketones (excluding diaryl/α,β-unsaturated/α-hetero) is 1. The number of carbonyl (C=O) groups excluding carboxylic acids is 1. The van der Waals surface area contributed by atoms with Gasteiger partial charge in [0.05, 0.1) is 18.7 Å². The van der Waals surface area contributed by atoms with Gasteiger partial charge >= 0.3 is 0 Å². The molecule has 1 aliphatic heterocycles. The highest BCUT2D eigenvalue weighted by Gasteiger charge is 2.19. The highest BCUT2D eigenvalue weighted by molar-refractivity contribution is 5.98. The molecule has 0 atom stereocenters. The highest BCUT2D eigenvalue weighted by atomic mass is 19.1. The fraction of sp³-hybridized carbons (Fsp3) is 0.611. The molecule has 5 heteroatoms. The molecule has 0 aromatic heterocycles. The van der Waals surface area contributed by atoms with Gasteiger partial charge in [-0.2, -0.15) is 0 Å². The Morgan fingerprint density at radius 2 is 1.96 bits per heavy atom. The number of halogens is 1. The van der Waals surface area contributed by atoms with Gasteiger partial charge in [-0.1, -0.05) is 19.8 Å². The molecule has 0 spiro atoms. The summed E-state index contributed by atoms with van der Waals surface area (Å²) in [7, 11) is 2.07. The summed E-state index contributed by atoms with van der Waals surface area (Å²) in [5.74, 6) is -0.156. The van der Waals surface area contributed by atoms with Crippen LogP contribution in [-0.4, -0.2) is 62.0 Å². The third kappa shape index (κ3) is 5.59. The van der Waals surface area contributed by atoms with E-state index in [1.807, 2.05) is 0 Å². The second kappa shape index (κ2) is 8.99. The van der Waals surface area contributed by atoms with Gasteiger partial charge in [0.1, 0.15) is 11.6 Å². The monoisotopic (exact) mass is 322 g/mol. The minimum Gasteiger partial charge on any atom is -0.493 e. The molecule has 128 valence electrons. The number of rotatable bonds is 8. The summed E-state index contributed by atoms with van der Waals surface area (Å²) < 4.78 is 19.7. The normalized spacial score (nSPS) is 16.5. The first kappa shape index (κ1) is 17.9. The van der Waals surface area contributed by atoms with Crippen LogP contribution in [0.4, 0.5) is 4.39 Å². The number of nitrogens with zero attached hydrogens (tertiary/aromatic N) is 2. The average molecular weight is 322 g/mol. The SMILES string of the molecule is CCCCCOc1ccc(C(=O)CN2CCN(C)CC2)c(F)c1. The van der Waals surface area contributed by atoms with Crippen LogP contribution < -0.4 is 4.74 Å². The van der Waals surface area contributed by atoms with Crippen molar-refractivity contribution in [1.29, 1.82) is 0 Å². The van der Waals surface area contributed by atoms with E-state index < -0.39 is 5.82 Å². The predicted molar refractivity (Wildman–Crippen MR) is 89.7 cm³/mol. The minimum absolute atomic E-state index is 0.157. The molecule has 0 saturated carbocycles. The van der Waals surface area contributed by atoms with Crippen LogP contribution >= 0.6 is 0 Å². The van der Waals surface area contributed by atoms with Crippen molar-refractivity contribution in [2.24, 2.45) is 0 Å². The lowest BCUT2D eigenvalue weighted by molar-refractivity contribution is 0.0872. The van der Waals surface area contributed by atoms with Crippen molar-refractivity contribution in [3.05, 3.63) is 29.6 Å². The largest absolute Gasteiger partial charge is 0.493 e. The van der Waals surface area contributed by atoms with E-state index in [2.05, 4.69) is 23.8 Å². The van der Waals surface area contributed by atoms with Gasteiger partial charge in [0, 0.05) is 32.2 Å². The van der Waals surface area contributed by atoms with Gasteiger partial charge in [-0.3, -0.25) is 9.69 Å². The molecular formula is C18H27FN2O2. The molecule has 23 heavy (non-hydrogen) atoms. The molecule has 0 N–H and O–H groups in total. The number of hydrogen-bond donors (Lipinski definition) is 0. The zero-order valence-electron chi connectivity index (χ0n) is 14.2. The van der Waals surface area contributed by atoms with Crippen LogP contribution in [0.1, 0.15) is 36.5 Å². The van der Waals surface area contributed by atoms with Crippen LogP contribution in [0.3, 0.4) is 0 Å². The van der Waals surface area contributed by atoms with E-state index in [0.717, 1.165) is 45.4 Å². The highest BCUT2D eigenvalue weighted by Crippen LogP contribution is 2.18. The Balaban J connectivity index is 1.87. The average Bonchev–Trinajstić information content (AvgIpc) is 2.54. The van der Waals surface area contributed by atoms with Crippen LogP contribution in [0.15, 0.2) is 18.2 Å². The number of carbonyl (C=O) groups is 1. The molecule has 1 fully saturated rings. The summed E-state index contributed by atoms with van der Waals surface area (Å²) >= 11 is 0. The van der Waals surface area contributed by atoms with Gasteiger partial charge < -0.3 is 9.64 Å². The number of ketones is 1. The van der Waals surface area contributed by atoms with Crippen LogP contribution in [0.2, 0.25) is 0 Å². The molecule has 0 bridgehead atoms. The van der Waals surface area contributed by atoms with E-state index in [-0.39, 0.29) is 17.9 Å². The number of ether oxygens (including phenoxy) is 1. The van der Waals surface area contributed by atoms with E-state index >= 15 is 0 Å². The maximum absolute atomic E-state index is 14.2. The van der Waals surface area contributed by atoms with Crippen molar-refractivity contribution in [1.82, 2.24) is 9.80 Å². The number of benzene rings is 1. The minimum atomic E-state index is -0.489. The van der Waals surface area contributed by atoms with Crippen molar-refractivity contribution in [3.8, 4) is 5.75 Å². The molecule has 1 aromatic rings. The van der Waals surface area contributed by atoms with Crippen molar-refractivity contribution >= 4 is 5.78 Å². The second-order valence-electron chi connectivity index (χ2n) is 6.20. The Morgan fingerprint density at radius 3 is 2.61 bits per heavy atom. The zero-order valence-corrected chi connectivity index (χ0v) is 14.2. The van der Waals surface area contributed by atoms with E-state index in [4.69, 9.17) is 4.74 Å². The summed E-state index contributed by atoms with van der Waals surface area (Å²) in [4.78, 5) is 16.6. The smallest absolute Gasteiger partial charge is 0.179 e. The van der Waals surface area contributed by atoms with E-state index in [1.165, 1.54) is 6.07 Å². The summed E-state index contributed by atoms with van der Waals surface area (Å²) in [6.07, 6.45) is 3.18. The van der Waals surface area contributed by atoms with Gasteiger partial charge in [0.2, 0.25) is 0 Å². The quantitative estimate of drug-likeness (QED) is 0.544. The van der Waals surface area contributed by atoms with Crippen molar-refractivity contribution in [3.63, 3.8) is 0 Å². The Bertz CT molecular complexity index is 514. The van der Waals surface area contributed by atoms with Crippen LogP contribution in [0, 0.1) is 5.82 Å². The maximum atomic E-state index is 14.2. The standard InChI is InChI=1S/C18H27FN2O2/c1-3-4-5-12-23-15-6-7-16(17(19)13-15)18(22)14-21-10-8-20(2)9-11-21/h6-7,13H,3-5,8-12,14H2,1-2H3. The van der Waals surface area contributed by atoms with E-state index in [1.54, 1.807) is 12.1 Å². The van der Waals surface area contributed by atoms with Crippen LogP contribution in [0.5, 0.6) is 5.75 Å². The Hall–Kier alpha value is -1.46. The van der Waals surface area contributed by atoms with E-state index in [9.17, 15) is 9.18 Å². The third-order valence-electron chi connectivity index (χ3n) is 4.22. The number of hydrogen-bond acceptors (Lipinski definition) is 4. The molecule has 0 unspecified atom stereocenters. The molecule has 0 aliphatic carbocycles. The third-order valence-corrected chi connectivity index (χ3v) is 4.22. The Morgan fingerprint density at radius 1 is 1.22 bits per heavy atom. The number of piperazine rings is 1. The molecule has 1 aliphatic rings. The van der Waals surface area contributed by atoms with Gasteiger partial charge in [0.15, 0.2) is 5.78 Å². The maximum Gasteiger partial charge on any atom is 0.179 e. The molecule has 0 radical (unpaired) electrons. The molecule has 4 nitrogen and oxygen atoms in total. The first-order chi connectivity index (χ1) is 11.1. The lowest BCUT2D eigenvalue weighted by atomic mass is 10.1. The molecule has 1 aromatic carbocycles. The van der Waals surface area contributed by atoms with Crippen molar-refractivity contribution in [2.75, 3.05) is 46.4 Å². The fourth-order valence-electron chi connectivity index (χ4n) is 2.65. The number of likely N-dealkylation sites (N-methyl/N-ethyl adjacent to an activating group) is 1. The molecule has 0 amide bonds. The topological polar surface area (TPSA) is 32.8 Å². The van der Waals surface area contributed by atoms with Crippen LogP contribution in [0.25, 0.3) is 0 Å². The Kier molecular flexibility index (Phi) is 6.99. The molecular weight excluding hydrogens is 295 g/mol. The zero-order chi connectivity index (χ0) is 16.7. The lowest BCUT2D eigenvalue weighted by Gasteiger charge is -2.31. The number of unbranched alkanes of at least 4 members (excludes halogenated alkanes) is 2. The van der Waals surface area contributed by atoms with Gasteiger partial charge in [-0.05, 0) is 25.6 Å². The van der Waals surface area contributed by atoms with Crippen molar-refractivity contribution < 1.29 is 13.9 Å². The lowest BCUT2D eigenvalue weighted by Crippen LogP contribution is -2.46. The fourth-order valence-corrected chi connectivity index (χ4v) is 2.65. The molecule has 1 heterocycles. The first-order valence-corrected chi connectivity index (χ1v) is 8.46. The first-order valence-electron chi connectivity index (χ1n) is 8.46. The summed E-state index contributed by atoms with van der Waals surface area (Å²) in [6, 6.07) is 4.55. The van der Waals surface area contributed by atoms with Gasteiger partial charge in [-0.15, -0.1) is 0 Å². The Labute approximate surface area is 138 Å². The summed E-state index contributed by atoms with van der Waals surface area (Å²) in [5, 5.41) is 0. The van der Waals surface area contributed by atoms with Gasteiger partial charge in [-0.25, -0.2) is 4.39 Å². The van der Waals surface area contributed by atoms with Gasteiger partial charge in [0.25, 0.3) is 0 Å². The molecule has 1 saturated heterocycles. The van der Waals surface area contributed by atoms with Crippen LogP contribution in [-0.2, 0) is 0 Å². The summed E-state index contributed by atoms with van der Waals surface area (Å²) in [5.41, 5.74) is 0.157. The second-order valence-corrected chi connectivity index (χ2v) is 6.20. The summed E-state index contributed by atoms with van der Waals surface area (Å²) in [6.45, 7) is 6.58. The predicted octanol–water partition coefficient (Wildman–Crippen LogP) is 2.82. The van der Waals surface area contributed by atoms with E-state index in [0.29, 0.717) is 12.4 Å². The van der Waals surface area contributed by atoms with Crippen molar-refractivity contribution in [2.45, 2.75) is 26.2 Å². The molecule has 2 rings (SSSR count).